The molecule has 1 aliphatic heterocycles. The number of halogens is 1. The van der Waals surface area contributed by atoms with Crippen LogP contribution in [0.15, 0.2) is 22.7 Å². The molecule has 0 saturated carbocycles. The fourth-order valence-corrected chi connectivity index (χ4v) is 3.74. The van der Waals surface area contributed by atoms with Gasteiger partial charge >= 0.3 is 5.97 Å². The molecule has 96 valence electrons. The first-order chi connectivity index (χ1) is 8.66. The van der Waals surface area contributed by atoms with Crippen molar-refractivity contribution in [3.8, 4) is 0 Å². The predicted molar refractivity (Wildman–Crippen MR) is 72.6 cm³/mol. The molecule has 0 aromatic heterocycles. The highest BCUT2D eigenvalue weighted by Gasteiger charge is 2.38. The number of hydrogen-bond donors (Lipinski definition) is 1. The molecule has 1 fully saturated rings. The molecule has 18 heavy (non-hydrogen) atoms. The maximum absolute atomic E-state index is 11.3. The molecular weight excluding hydrogens is 294 g/mol. The number of carboxylic acids is 1. The van der Waals surface area contributed by atoms with E-state index in [0.29, 0.717) is 6.04 Å². The van der Waals surface area contributed by atoms with Gasteiger partial charge in [-0.1, -0.05) is 22.0 Å². The fraction of sp³-hybridized carbons (Fsp3) is 0.500. The molecule has 0 radical (unpaired) electrons. The quantitative estimate of drug-likeness (QED) is 0.913. The van der Waals surface area contributed by atoms with Gasteiger partial charge in [0, 0.05) is 10.5 Å². The Hall–Kier alpha value is -0.870. The van der Waals surface area contributed by atoms with Crippen LogP contribution < -0.4 is 0 Å². The zero-order chi connectivity index (χ0) is 12.7. The Morgan fingerprint density at radius 2 is 2.22 bits per heavy atom. The maximum atomic E-state index is 11.3. The number of carboxylic acid groups (broad SMARTS) is 1. The average molecular weight is 310 g/mol. The average Bonchev–Trinajstić information content (AvgIpc) is 2.92. The van der Waals surface area contributed by atoms with Crippen LogP contribution in [0.5, 0.6) is 0 Å². The Morgan fingerprint density at radius 3 is 3.00 bits per heavy atom. The van der Waals surface area contributed by atoms with E-state index in [0.717, 1.165) is 36.7 Å². The summed E-state index contributed by atoms with van der Waals surface area (Å²) in [5.74, 6) is -0.668. The van der Waals surface area contributed by atoms with Gasteiger partial charge in [0.1, 0.15) is 6.04 Å². The van der Waals surface area contributed by atoms with Gasteiger partial charge in [0.15, 0.2) is 0 Å². The van der Waals surface area contributed by atoms with Crippen molar-refractivity contribution in [2.24, 2.45) is 0 Å². The van der Waals surface area contributed by atoms with Crippen LogP contribution in [-0.2, 0) is 11.2 Å². The number of rotatable bonds is 2. The second-order valence-corrected chi connectivity index (χ2v) is 6.05. The SMILES string of the molecule is O=C(O)C1CCCN1C1CCc2cc(Br)ccc21. The lowest BCUT2D eigenvalue weighted by Gasteiger charge is -2.28. The molecule has 1 saturated heterocycles. The molecule has 0 spiro atoms. The summed E-state index contributed by atoms with van der Waals surface area (Å²) < 4.78 is 1.11. The summed E-state index contributed by atoms with van der Waals surface area (Å²) in [6.07, 6.45) is 3.90. The van der Waals surface area contributed by atoms with Crippen molar-refractivity contribution in [1.82, 2.24) is 4.90 Å². The molecule has 0 bridgehead atoms. The van der Waals surface area contributed by atoms with Crippen LogP contribution in [-0.4, -0.2) is 28.6 Å². The third kappa shape index (κ3) is 1.97. The number of benzene rings is 1. The fourth-order valence-electron chi connectivity index (χ4n) is 3.34. The van der Waals surface area contributed by atoms with Crippen molar-refractivity contribution >= 4 is 21.9 Å². The third-order valence-electron chi connectivity index (χ3n) is 4.13. The van der Waals surface area contributed by atoms with Crippen LogP contribution in [0.3, 0.4) is 0 Å². The summed E-state index contributed by atoms with van der Waals surface area (Å²) in [7, 11) is 0. The number of carbonyl (C=O) groups is 1. The molecule has 1 aliphatic carbocycles. The first-order valence-corrected chi connectivity index (χ1v) is 7.23. The lowest BCUT2D eigenvalue weighted by Crippen LogP contribution is -2.38. The zero-order valence-corrected chi connectivity index (χ0v) is 11.7. The Labute approximate surface area is 115 Å². The summed E-state index contributed by atoms with van der Waals surface area (Å²) in [5.41, 5.74) is 2.69. The molecule has 1 N–H and O–H groups in total. The second-order valence-electron chi connectivity index (χ2n) is 5.13. The molecule has 2 atom stereocenters. The normalized spacial score (nSPS) is 27.4. The summed E-state index contributed by atoms with van der Waals surface area (Å²) in [5, 5.41) is 9.29. The van der Waals surface area contributed by atoms with E-state index in [9.17, 15) is 9.90 Å². The largest absolute Gasteiger partial charge is 0.480 e. The van der Waals surface area contributed by atoms with Crippen molar-refractivity contribution in [3.05, 3.63) is 33.8 Å². The number of fused-ring (bicyclic) bond motifs is 1. The van der Waals surface area contributed by atoms with Crippen molar-refractivity contribution in [1.29, 1.82) is 0 Å². The first-order valence-electron chi connectivity index (χ1n) is 6.43. The van der Waals surface area contributed by atoms with Gasteiger partial charge < -0.3 is 5.11 Å². The van der Waals surface area contributed by atoms with E-state index in [2.05, 4.69) is 39.0 Å². The molecule has 2 aliphatic rings. The Bertz CT molecular complexity index is 489. The zero-order valence-electron chi connectivity index (χ0n) is 10.1. The minimum atomic E-state index is -0.668. The van der Waals surface area contributed by atoms with E-state index in [1.54, 1.807) is 0 Å². The van der Waals surface area contributed by atoms with Crippen LogP contribution in [0.4, 0.5) is 0 Å². The summed E-state index contributed by atoms with van der Waals surface area (Å²) >= 11 is 3.50. The van der Waals surface area contributed by atoms with Gasteiger partial charge in [-0.05, 0) is 55.5 Å². The van der Waals surface area contributed by atoms with Gasteiger partial charge in [0.2, 0.25) is 0 Å². The van der Waals surface area contributed by atoms with Crippen molar-refractivity contribution < 1.29 is 9.90 Å². The van der Waals surface area contributed by atoms with E-state index >= 15 is 0 Å². The third-order valence-corrected chi connectivity index (χ3v) is 4.62. The molecule has 2 unspecified atom stereocenters. The van der Waals surface area contributed by atoms with Gasteiger partial charge in [0.25, 0.3) is 0 Å². The van der Waals surface area contributed by atoms with Gasteiger partial charge in [-0.2, -0.15) is 0 Å². The van der Waals surface area contributed by atoms with Gasteiger partial charge in [0.05, 0.1) is 0 Å². The molecule has 3 nitrogen and oxygen atoms in total. The van der Waals surface area contributed by atoms with Crippen LogP contribution in [0.1, 0.15) is 36.4 Å². The monoisotopic (exact) mass is 309 g/mol. The van der Waals surface area contributed by atoms with E-state index in [4.69, 9.17) is 0 Å². The van der Waals surface area contributed by atoms with E-state index in [1.807, 2.05) is 0 Å². The Balaban J connectivity index is 1.90. The maximum Gasteiger partial charge on any atom is 0.320 e. The molecule has 0 amide bonds. The van der Waals surface area contributed by atoms with Crippen LogP contribution in [0, 0.1) is 0 Å². The Morgan fingerprint density at radius 1 is 1.39 bits per heavy atom. The first kappa shape index (κ1) is 12.2. The highest BCUT2D eigenvalue weighted by atomic mass is 79.9. The summed E-state index contributed by atoms with van der Waals surface area (Å²) in [6.45, 7) is 0.914. The summed E-state index contributed by atoms with van der Waals surface area (Å²) in [4.78, 5) is 13.5. The van der Waals surface area contributed by atoms with Gasteiger partial charge in [-0.25, -0.2) is 0 Å². The van der Waals surface area contributed by atoms with Crippen molar-refractivity contribution in [2.75, 3.05) is 6.54 Å². The van der Waals surface area contributed by atoms with Crippen LogP contribution in [0.2, 0.25) is 0 Å². The Kier molecular flexibility index (Phi) is 3.16. The standard InChI is InChI=1S/C14H16BrNO2/c15-10-4-5-11-9(8-10)3-6-12(11)16-7-1-2-13(16)14(17)18/h4-5,8,12-13H,1-3,6-7H2,(H,17,18). The van der Waals surface area contributed by atoms with Crippen LogP contribution >= 0.6 is 15.9 Å². The van der Waals surface area contributed by atoms with E-state index in [1.165, 1.54) is 11.1 Å². The highest BCUT2D eigenvalue weighted by Crippen LogP contribution is 2.40. The highest BCUT2D eigenvalue weighted by molar-refractivity contribution is 9.10. The lowest BCUT2D eigenvalue weighted by atomic mass is 10.1. The lowest BCUT2D eigenvalue weighted by molar-refractivity contribution is -0.143. The molecule has 1 aromatic carbocycles. The minimum Gasteiger partial charge on any atom is -0.480 e. The number of likely N-dealkylation sites (tertiary alicyclic amines) is 1. The molecule has 1 aromatic rings. The number of aliphatic carboxylic acids is 1. The van der Waals surface area contributed by atoms with Gasteiger partial charge in [-0.15, -0.1) is 0 Å². The van der Waals surface area contributed by atoms with Crippen molar-refractivity contribution in [2.45, 2.75) is 37.8 Å². The second kappa shape index (κ2) is 4.67. The molecule has 4 heteroatoms. The molecule has 3 rings (SSSR count). The molecular formula is C14H16BrNO2. The van der Waals surface area contributed by atoms with Crippen LogP contribution in [0.25, 0.3) is 0 Å². The topological polar surface area (TPSA) is 40.5 Å². The summed E-state index contributed by atoms with van der Waals surface area (Å²) in [6, 6.07) is 6.39. The smallest absolute Gasteiger partial charge is 0.320 e. The predicted octanol–water partition coefficient (Wildman–Crippen LogP) is 2.99. The minimum absolute atomic E-state index is 0.287. The molecule has 1 heterocycles. The van der Waals surface area contributed by atoms with Gasteiger partial charge in [-0.3, -0.25) is 9.69 Å². The van der Waals surface area contributed by atoms with E-state index in [-0.39, 0.29) is 6.04 Å². The van der Waals surface area contributed by atoms with Crippen molar-refractivity contribution in [3.63, 3.8) is 0 Å². The number of aryl methyl sites for hydroxylation is 1. The number of hydrogen-bond acceptors (Lipinski definition) is 2. The van der Waals surface area contributed by atoms with E-state index < -0.39 is 5.97 Å². The number of nitrogens with zero attached hydrogens (tertiary/aromatic N) is 1.